The van der Waals surface area contributed by atoms with Gasteiger partial charge in [-0.2, -0.15) is 0 Å². The second-order valence-corrected chi connectivity index (χ2v) is 8.22. The smallest absolute Gasteiger partial charge is 0.332 e. The van der Waals surface area contributed by atoms with E-state index >= 15 is 0 Å². The minimum atomic E-state index is -0.415. The zero-order valence-corrected chi connectivity index (χ0v) is 18.4. The highest BCUT2D eigenvalue weighted by Gasteiger charge is 2.19. The molecule has 0 aliphatic rings. The number of rotatable bonds is 5. The Bertz CT molecular complexity index is 1580. The Balaban J connectivity index is 1.56. The number of nitrogens with one attached hydrogen (secondary N) is 1. The van der Waals surface area contributed by atoms with E-state index in [0.717, 1.165) is 28.1 Å². The molecule has 0 fully saturated rings. The molecule has 4 heterocycles. The number of fused-ring (bicyclic) bond motifs is 2. The van der Waals surface area contributed by atoms with Gasteiger partial charge >= 0.3 is 5.69 Å². The molecule has 8 nitrogen and oxygen atoms in total. The van der Waals surface area contributed by atoms with Gasteiger partial charge in [0.1, 0.15) is 5.82 Å². The lowest BCUT2D eigenvalue weighted by atomic mass is 10.2. The van der Waals surface area contributed by atoms with Crippen LogP contribution in [0.15, 0.2) is 58.3 Å². The van der Waals surface area contributed by atoms with E-state index < -0.39 is 5.69 Å². The molecule has 0 aliphatic heterocycles. The molecule has 5 rings (SSSR count). The van der Waals surface area contributed by atoms with Gasteiger partial charge in [-0.25, -0.2) is 9.78 Å². The molecule has 0 saturated carbocycles. The molecule has 32 heavy (non-hydrogen) atoms. The van der Waals surface area contributed by atoms with Gasteiger partial charge in [0.05, 0.1) is 6.54 Å². The number of benzene rings is 1. The Morgan fingerprint density at radius 1 is 1.03 bits per heavy atom. The van der Waals surface area contributed by atoms with Crippen LogP contribution in [-0.4, -0.2) is 28.7 Å². The van der Waals surface area contributed by atoms with Gasteiger partial charge in [0.2, 0.25) is 0 Å². The zero-order valence-electron chi connectivity index (χ0n) is 17.7. The van der Waals surface area contributed by atoms with Gasteiger partial charge in [0.25, 0.3) is 5.56 Å². The summed E-state index contributed by atoms with van der Waals surface area (Å²) in [6, 6.07) is 13.2. The standard InChI is InChI=1S/C23H21ClN6O2/c1-28-19(10-9-14-6-3-4-11-25-14)27-21-20(28)22(31)30(23(32)29(21)2)13-15-12-16-17(24)7-5-8-18(16)26-15/h3-8,11-12,26H,9-10,13H2,1-2H3. The van der Waals surface area contributed by atoms with E-state index in [2.05, 4.69) is 15.0 Å². The van der Waals surface area contributed by atoms with Crippen molar-refractivity contribution in [2.45, 2.75) is 19.4 Å². The van der Waals surface area contributed by atoms with Gasteiger partial charge in [0.15, 0.2) is 11.2 Å². The summed E-state index contributed by atoms with van der Waals surface area (Å²) < 4.78 is 4.43. The van der Waals surface area contributed by atoms with Gasteiger partial charge in [0, 0.05) is 54.0 Å². The number of H-pyrrole nitrogens is 1. The Morgan fingerprint density at radius 2 is 1.88 bits per heavy atom. The van der Waals surface area contributed by atoms with Gasteiger partial charge in [-0.1, -0.05) is 23.7 Å². The fraction of sp³-hybridized carbons (Fsp3) is 0.217. The summed E-state index contributed by atoms with van der Waals surface area (Å²) in [5.41, 5.74) is 2.53. The van der Waals surface area contributed by atoms with Crippen LogP contribution in [0.4, 0.5) is 0 Å². The molecular formula is C23H21ClN6O2. The highest BCUT2D eigenvalue weighted by molar-refractivity contribution is 6.35. The quantitative estimate of drug-likeness (QED) is 0.447. The highest BCUT2D eigenvalue weighted by Crippen LogP contribution is 2.24. The molecule has 9 heteroatoms. The maximum atomic E-state index is 13.3. The Morgan fingerprint density at radius 3 is 2.62 bits per heavy atom. The Kier molecular flexibility index (Phi) is 4.94. The fourth-order valence-electron chi connectivity index (χ4n) is 4.07. The first kappa shape index (κ1) is 20.3. The van der Waals surface area contributed by atoms with Crippen LogP contribution < -0.4 is 11.2 Å². The summed E-state index contributed by atoms with van der Waals surface area (Å²) in [7, 11) is 3.44. The number of pyridine rings is 1. The summed E-state index contributed by atoms with van der Waals surface area (Å²) in [4.78, 5) is 38.5. The molecular weight excluding hydrogens is 428 g/mol. The third-order valence-electron chi connectivity index (χ3n) is 5.78. The first-order chi connectivity index (χ1) is 15.4. The number of halogens is 1. The minimum absolute atomic E-state index is 0.112. The van der Waals surface area contributed by atoms with Crippen molar-refractivity contribution in [2.24, 2.45) is 14.1 Å². The third kappa shape index (κ3) is 3.33. The average molecular weight is 449 g/mol. The van der Waals surface area contributed by atoms with Crippen molar-refractivity contribution in [3.63, 3.8) is 0 Å². The Labute approximate surface area is 187 Å². The van der Waals surface area contributed by atoms with Gasteiger partial charge in [-0.05, 0) is 36.8 Å². The molecule has 0 spiro atoms. The monoisotopic (exact) mass is 448 g/mol. The fourth-order valence-corrected chi connectivity index (χ4v) is 4.30. The van der Waals surface area contributed by atoms with E-state index in [-0.39, 0.29) is 12.1 Å². The van der Waals surface area contributed by atoms with Crippen molar-refractivity contribution in [1.82, 2.24) is 28.7 Å². The van der Waals surface area contributed by atoms with Gasteiger partial charge in [-0.15, -0.1) is 0 Å². The summed E-state index contributed by atoms with van der Waals surface area (Å²) in [6.07, 6.45) is 3.05. The Hall–Kier alpha value is -3.65. The van der Waals surface area contributed by atoms with Crippen LogP contribution in [0.5, 0.6) is 0 Å². The molecule has 0 atom stereocenters. The molecule has 4 aromatic heterocycles. The SMILES string of the molecule is Cn1c(CCc2ccccn2)nc2c1c(=O)n(Cc1cc3c(Cl)cccc3[nH]1)c(=O)n2C. The molecule has 1 aromatic carbocycles. The largest absolute Gasteiger partial charge is 0.357 e. The maximum Gasteiger partial charge on any atom is 0.332 e. The lowest BCUT2D eigenvalue weighted by molar-refractivity contribution is 0.648. The molecule has 0 saturated heterocycles. The van der Waals surface area contributed by atoms with Crippen molar-refractivity contribution in [1.29, 1.82) is 0 Å². The van der Waals surface area contributed by atoms with E-state index in [9.17, 15) is 9.59 Å². The van der Waals surface area contributed by atoms with Crippen molar-refractivity contribution < 1.29 is 0 Å². The topological polar surface area (TPSA) is 90.5 Å². The van der Waals surface area contributed by atoms with E-state index in [4.69, 9.17) is 11.6 Å². The van der Waals surface area contributed by atoms with Gasteiger partial charge < -0.3 is 9.55 Å². The van der Waals surface area contributed by atoms with Crippen molar-refractivity contribution in [2.75, 3.05) is 0 Å². The van der Waals surface area contributed by atoms with Crippen LogP contribution in [0, 0.1) is 0 Å². The normalized spacial score (nSPS) is 11.6. The number of hydrogen-bond acceptors (Lipinski definition) is 4. The maximum absolute atomic E-state index is 13.3. The van der Waals surface area contributed by atoms with E-state index in [1.807, 2.05) is 43.4 Å². The van der Waals surface area contributed by atoms with Crippen LogP contribution in [0.2, 0.25) is 5.02 Å². The number of hydrogen-bond donors (Lipinski definition) is 1. The molecule has 0 bridgehead atoms. The molecule has 0 amide bonds. The summed E-state index contributed by atoms with van der Waals surface area (Å²) in [6.45, 7) is 0.112. The molecule has 0 unspecified atom stereocenters. The second kappa shape index (κ2) is 7.80. The number of aromatic nitrogens is 6. The number of imidazole rings is 1. The van der Waals surface area contributed by atoms with Crippen LogP contribution in [-0.2, 0) is 33.5 Å². The van der Waals surface area contributed by atoms with Crippen LogP contribution in [0.25, 0.3) is 22.1 Å². The number of aryl methyl sites for hydroxylation is 4. The third-order valence-corrected chi connectivity index (χ3v) is 6.11. The van der Waals surface area contributed by atoms with E-state index in [0.29, 0.717) is 29.0 Å². The summed E-state index contributed by atoms with van der Waals surface area (Å²) in [5, 5.41) is 1.47. The van der Waals surface area contributed by atoms with E-state index in [1.165, 1.54) is 9.13 Å². The van der Waals surface area contributed by atoms with Crippen LogP contribution >= 0.6 is 11.6 Å². The van der Waals surface area contributed by atoms with Crippen LogP contribution in [0.3, 0.4) is 0 Å². The lowest BCUT2D eigenvalue weighted by Gasteiger charge is -2.08. The molecule has 162 valence electrons. The molecule has 5 aromatic rings. The first-order valence-corrected chi connectivity index (χ1v) is 10.6. The van der Waals surface area contributed by atoms with Crippen molar-refractivity contribution in [3.05, 3.63) is 91.7 Å². The second-order valence-electron chi connectivity index (χ2n) is 7.81. The summed E-state index contributed by atoms with van der Waals surface area (Å²) in [5.74, 6) is 0.730. The van der Waals surface area contributed by atoms with E-state index in [1.54, 1.807) is 23.9 Å². The zero-order chi connectivity index (χ0) is 22.4. The van der Waals surface area contributed by atoms with Gasteiger partial charge in [-0.3, -0.25) is 18.9 Å². The average Bonchev–Trinajstić information content (AvgIpc) is 3.36. The minimum Gasteiger partial charge on any atom is -0.357 e. The predicted octanol–water partition coefficient (Wildman–Crippen LogP) is 2.80. The first-order valence-electron chi connectivity index (χ1n) is 10.2. The molecule has 0 radical (unpaired) electrons. The number of aromatic amines is 1. The highest BCUT2D eigenvalue weighted by atomic mass is 35.5. The summed E-state index contributed by atoms with van der Waals surface area (Å²) >= 11 is 6.27. The number of nitrogens with zero attached hydrogens (tertiary/aromatic N) is 5. The molecule has 0 aliphatic carbocycles. The predicted molar refractivity (Wildman–Crippen MR) is 124 cm³/mol. The van der Waals surface area contributed by atoms with Crippen molar-refractivity contribution in [3.8, 4) is 0 Å². The van der Waals surface area contributed by atoms with Crippen molar-refractivity contribution >= 4 is 33.7 Å². The molecule has 1 N–H and O–H groups in total. The van der Waals surface area contributed by atoms with Crippen LogP contribution in [0.1, 0.15) is 17.2 Å². The lowest BCUT2D eigenvalue weighted by Crippen LogP contribution is -2.39.